The Bertz CT molecular complexity index is 465. The summed E-state index contributed by atoms with van der Waals surface area (Å²) in [5.74, 6) is 0.148. The van der Waals surface area contributed by atoms with Gasteiger partial charge in [0.05, 0.1) is 7.11 Å². The van der Waals surface area contributed by atoms with Crippen LogP contribution in [0.4, 0.5) is 0 Å². The SMILES string of the molecule is CCN(CC=Cc1ccc(OC)cc1)[C@H](C(=O)O)C(C)C. The molecule has 0 unspecified atom stereocenters. The number of hydrogen-bond donors (Lipinski definition) is 1. The maximum atomic E-state index is 11.4. The van der Waals surface area contributed by atoms with E-state index in [0.717, 1.165) is 11.3 Å². The highest BCUT2D eigenvalue weighted by molar-refractivity contribution is 5.73. The second kappa shape index (κ2) is 8.47. The van der Waals surface area contributed by atoms with Crippen LogP contribution in [-0.4, -0.2) is 42.2 Å². The zero-order valence-corrected chi connectivity index (χ0v) is 13.2. The molecule has 0 amide bonds. The Labute approximate surface area is 127 Å². The summed E-state index contributed by atoms with van der Waals surface area (Å²) in [5.41, 5.74) is 1.07. The first-order valence-corrected chi connectivity index (χ1v) is 7.27. The number of benzene rings is 1. The van der Waals surface area contributed by atoms with Crippen molar-refractivity contribution < 1.29 is 14.6 Å². The Morgan fingerprint density at radius 3 is 2.38 bits per heavy atom. The van der Waals surface area contributed by atoms with E-state index in [9.17, 15) is 9.90 Å². The fourth-order valence-electron chi connectivity index (χ4n) is 2.34. The maximum Gasteiger partial charge on any atom is 0.321 e. The van der Waals surface area contributed by atoms with Crippen LogP contribution < -0.4 is 4.74 Å². The van der Waals surface area contributed by atoms with E-state index in [1.165, 1.54) is 0 Å². The van der Waals surface area contributed by atoms with E-state index < -0.39 is 12.0 Å². The van der Waals surface area contributed by atoms with Crippen LogP contribution >= 0.6 is 0 Å². The van der Waals surface area contributed by atoms with E-state index >= 15 is 0 Å². The minimum atomic E-state index is -0.760. The van der Waals surface area contributed by atoms with Gasteiger partial charge in [-0.2, -0.15) is 0 Å². The predicted molar refractivity (Wildman–Crippen MR) is 85.5 cm³/mol. The van der Waals surface area contributed by atoms with E-state index in [2.05, 4.69) is 0 Å². The van der Waals surface area contributed by atoms with Gasteiger partial charge in [-0.25, -0.2) is 0 Å². The number of carboxylic acids is 1. The number of nitrogens with zero attached hydrogens (tertiary/aromatic N) is 1. The highest BCUT2D eigenvalue weighted by Gasteiger charge is 2.26. The van der Waals surface area contributed by atoms with E-state index in [-0.39, 0.29) is 5.92 Å². The molecule has 0 bridgehead atoms. The second-order valence-electron chi connectivity index (χ2n) is 5.29. The van der Waals surface area contributed by atoms with Crippen LogP contribution in [0.2, 0.25) is 0 Å². The van der Waals surface area contributed by atoms with Crippen LogP contribution in [-0.2, 0) is 4.79 Å². The van der Waals surface area contributed by atoms with E-state index in [1.807, 2.05) is 62.1 Å². The van der Waals surface area contributed by atoms with Gasteiger partial charge in [0.25, 0.3) is 0 Å². The molecule has 116 valence electrons. The maximum absolute atomic E-state index is 11.4. The van der Waals surface area contributed by atoms with Crippen molar-refractivity contribution in [2.24, 2.45) is 5.92 Å². The molecule has 1 N–H and O–H groups in total. The van der Waals surface area contributed by atoms with Crippen LogP contribution in [0.25, 0.3) is 6.08 Å². The number of ether oxygens (including phenoxy) is 1. The predicted octanol–water partition coefficient (Wildman–Crippen LogP) is 3.14. The molecule has 0 saturated heterocycles. The molecule has 4 nitrogen and oxygen atoms in total. The highest BCUT2D eigenvalue weighted by Crippen LogP contribution is 2.14. The fourth-order valence-corrected chi connectivity index (χ4v) is 2.34. The number of aliphatic carboxylic acids is 1. The number of hydrogen-bond acceptors (Lipinski definition) is 3. The molecule has 1 aromatic rings. The van der Waals surface area contributed by atoms with Gasteiger partial charge in [0.2, 0.25) is 0 Å². The lowest BCUT2D eigenvalue weighted by molar-refractivity contribution is -0.144. The summed E-state index contributed by atoms with van der Waals surface area (Å²) >= 11 is 0. The molecule has 0 aliphatic carbocycles. The number of carbonyl (C=O) groups is 1. The van der Waals surface area contributed by atoms with Crippen molar-refractivity contribution in [1.29, 1.82) is 0 Å². The molecule has 1 atom stereocenters. The van der Waals surface area contributed by atoms with Crippen LogP contribution in [0, 0.1) is 5.92 Å². The molecule has 0 spiro atoms. The third-order valence-corrected chi connectivity index (χ3v) is 3.45. The largest absolute Gasteiger partial charge is 0.497 e. The zero-order chi connectivity index (χ0) is 15.8. The lowest BCUT2D eigenvalue weighted by atomic mass is 10.0. The van der Waals surface area contributed by atoms with Crippen molar-refractivity contribution in [2.75, 3.05) is 20.2 Å². The highest BCUT2D eigenvalue weighted by atomic mass is 16.5. The molecule has 0 saturated carbocycles. The van der Waals surface area contributed by atoms with Gasteiger partial charge in [0.1, 0.15) is 11.8 Å². The molecule has 1 rings (SSSR count). The normalized spacial score (nSPS) is 13.0. The average Bonchev–Trinajstić information content (AvgIpc) is 2.46. The van der Waals surface area contributed by atoms with Crippen molar-refractivity contribution in [3.63, 3.8) is 0 Å². The average molecular weight is 291 g/mol. The standard InChI is InChI=1S/C17H25NO3/c1-5-18(16(13(2)3)17(19)20)12-6-7-14-8-10-15(21-4)11-9-14/h6-11,13,16H,5,12H2,1-4H3,(H,19,20)/t16-/m0/s1. The Morgan fingerprint density at radius 2 is 1.95 bits per heavy atom. The van der Waals surface area contributed by atoms with E-state index in [1.54, 1.807) is 7.11 Å². The smallest absolute Gasteiger partial charge is 0.321 e. The first-order valence-electron chi connectivity index (χ1n) is 7.27. The van der Waals surface area contributed by atoms with Gasteiger partial charge >= 0.3 is 5.97 Å². The minimum absolute atomic E-state index is 0.0804. The number of carboxylic acid groups (broad SMARTS) is 1. The first kappa shape index (κ1) is 17.2. The van der Waals surface area contributed by atoms with Crippen LogP contribution in [0.5, 0.6) is 5.75 Å². The Balaban J connectivity index is 2.68. The zero-order valence-electron chi connectivity index (χ0n) is 13.2. The molecule has 0 aliphatic rings. The summed E-state index contributed by atoms with van der Waals surface area (Å²) in [7, 11) is 1.64. The summed E-state index contributed by atoms with van der Waals surface area (Å²) in [5, 5.41) is 9.34. The Kier molecular flexibility index (Phi) is 6.96. The van der Waals surface area contributed by atoms with Gasteiger partial charge in [-0.15, -0.1) is 0 Å². The number of likely N-dealkylation sites (N-methyl/N-ethyl adjacent to an activating group) is 1. The van der Waals surface area contributed by atoms with Gasteiger partial charge in [0, 0.05) is 6.54 Å². The molecule has 0 aromatic heterocycles. The fraction of sp³-hybridized carbons (Fsp3) is 0.471. The number of rotatable bonds is 8. The van der Waals surface area contributed by atoms with Gasteiger partial charge in [-0.05, 0) is 30.2 Å². The third kappa shape index (κ3) is 5.23. The summed E-state index contributed by atoms with van der Waals surface area (Å²) in [6.07, 6.45) is 4.00. The van der Waals surface area contributed by atoms with Crippen molar-refractivity contribution in [2.45, 2.75) is 26.8 Å². The minimum Gasteiger partial charge on any atom is -0.497 e. The Hall–Kier alpha value is -1.81. The molecular formula is C17H25NO3. The van der Waals surface area contributed by atoms with E-state index in [0.29, 0.717) is 13.1 Å². The van der Waals surface area contributed by atoms with Gasteiger partial charge < -0.3 is 9.84 Å². The molecule has 0 fully saturated rings. The molecule has 21 heavy (non-hydrogen) atoms. The van der Waals surface area contributed by atoms with Crippen LogP contribution in [0.15, 0.2) is 30.3 Å². The van der Waals surface area contributed by atoms with Crippen molar-refractivity contribution in [1.82, 2.24) is 4.90 Å². The molecule has 4 heteroatoms. The molecular weight excluding hydrogens is 266 g/mol. The summed E-state index contributed by atoms with van der Waals surface area (Å²) < 4.78 is 5.12. The van der Waals surface area contributed by atoms with Crippen LogP contribution in [0.3, 0.4) is 0 Å². The van der Waals surface area contributed by atoms with Crippen molar-refractivity contribution in [3.8, 4) is 5.75 Å². The van der Waals surface area contributed by atoms with Crippen molar-refractivity contribution >= 4 is 12.0 Å². The van der Waals surface area contributed by atoms with E-state index in [4.69, 9.17) is 4.74 Å². The lowest BCUT2D eigenvalue weighted by Crippen LogP contribution is -2.44. The third-order valence-electron chi connectivity index (χ3n) is 3.45. The summed E-state index contributed by atoms with van der Waals surface area (Å²) in [6, 6.07) is 7.32. The first-order chi connectivity index (χ1) is 9.99. The van der Waals surface area contributed by atoms with Gasteiger partial charge in [0.15, 0.2) is 0 Å². The monoisotopic (exact) mass is 291 g/mol. The lowest BCUT2D eigenvalue weighted by Gasteiger charge is -2.29. The molecule has 1 aromatic carbocycles. The van der Waals surface area contributed by atoms with Gasteiger partial charge in [-0.1, -0.05) is 45.1 Å². The number of methoxy groups -OCH3 is 1. The topological polar surface area (TPSA) is 49.8 Å². The Morgan fingerprint density at radius 1 is 1.33 bits per heavy atom. The molecule has 0 aliphatic heterocycles. The van der Waals surface area contributed by atoms with Crippen LogP contribution in [0.1, 0.15) is 26.3 Å². The summed E-state index contributed by atoms with van der Waals surface area (Å²) in [6.45, 7) is 7.20. The second-order valence-corrected chi connectivity index (χ2v) is 5.29. The molecule has 0 heterocycles. The van der Waals surface area contributed by atoms with Gasteiger partial charge in [-0.3, -0.25) is 9.69 Å². The van der Waals surface area contributed by atoms with Crippen molar-refractivity contribution in [3.05, 3.63) is 35.9 Å². The summed E-state index contributed by atoms with van der Waals surface area (Å²) in [4.78, 5) is 13.3. The molecule has 0 radical (unpaired) electrons. The quantitative estimate of drug-likeness (QED) is 0.799.